The van der Waals surface area contributed by atoms with Gasteiger partial charge in [0.05, 0.1) is 16.8 Å². The van der Waals surface area contributed by atoms with Crippen molar-refractivity contribution in [3.63, 3.8) is 0 Å². The van der Waals surface area contributed by atoms with E-state index in [0.717, 1.165) is 5.69 Å². The van der Waals surface area contributed by atoms with E-state index in [9.17, 15) is 5.11 Å². The van der Waals surface area contributed by atoms with Crippen LogP contribution in [0, 0.1) is 0 Å². The van der Waals surface area contributed by atoms with E-state index in [4.69, 9.17) is 23.8 Å². The summed E-state index contributed by atoms with van der Waals surface area (Å²) in [6.07, 6.45) is -0.420. The van der Waals surface area contributed by atoms with Crippen molar-refractivity contribution >= 4 is 34.6 Å². The summed E-state index contributed by atoms with van der Waals surface area (Å²) in [6, 6.07) is 7.38. The second kappa shape index (κ2) is 6.03. The summed E-state index contributed by atoms with van der Waals surface area (Å²) in [5.41, 5.74) is 0.770. The van der Waals surface area contributed by atoms with Gasteiger partial charge in [0.1, 0.15) is 0 Å². The molecule has 0 saturated heterocycles. The van der Waals surface area contributed by atoms with Gasteiger partial charge in [-0.05, 0) is 31.3 Å². The second-order valence-corrected chi connectivity index (χ2v) is 4.43. The fourth-order valence-electron chi connectivity index (χ4n) is 1.25. The number of nitrogens with zero attached hydrogens (tertiary/aromatic N) is 1. The van der Waals surface area contributed by atoms with E-state index < -0.39 is 6.10 Å². The molecule has 88 valence electrons. The summed E-state index contributed by atoms with van der Waals surface area (Å²) in [6.45, 7) is 2.20. The summed E-state index contributed by atoms with van der Waals surface area (Å²) in [5, 5.41) is 13.4. The number of hydrogen-bond donors (Lipinski definition) is 2. The number of halogens is 1. The van der Waals surface area contributed by atoms with Gasteiger partial charge in [-0.2, -0.15) is 0 Å². The first-order chi connectivity index (χ1) is 7.50. The lowest BCUT2D eigenvalue weighted by atomic mass is 10.3. The Morgan fingerprint density at radius 3 is 2.75 bits per heavy atom. The maximum atomic E-state index is 9.24. The van der Waals surface area contributed by atoms with E-state index in [0.29, 0.717) is 16.7 Å². The van der Waals surface area contributed by atoms with Crippen molar-refractivity contribution in [2.75, 3.05) is 18.9 Å². The van der Waals surface area contributed by atoms with Crippen molar-refractivity contribution in [1.29, 1.82) is 0 Å². The van der Waals surface area contributed by atoms with E-state index in [1.165, 1.54) is 0 Å². The standard InChI is InChI=1S/C11H15ClN2OS/c1-8(15)7-14(2)11(16)13-10-6-4-3-5-9(10)12/h3-6,8,15H,7H2,1-2H3,(H,13,16)/t8-/m0/s1. The van der Waals surface area contributed by atoms with Crippen LogP contribution in [0.2, 0.25) is 5.02 Å². The van der Waals surface area contributed by atoms with Crippen molar-refractivity contribution in [3.05, 3.63) is 29.3 Å². The monoisotopic (exact) mass is 258 g/mol. The summed E-state index contributed by atoms with van der Waals surface area (Å²) in [5.74, 6) is 0. The Balaban J connectivity index is 2.61. The van der Waals surface area contributed by atoms with Gasteiger partial charge in [-0.3, -0.25) is 0 Å². The molecule has 1 aromatic rings. The van der Waals surface area contributed by atoms with Gasteiger partial charge in [-0.1, -0.05) is 23.7 Å². The van der Waals surface area contributed by atoms with Gasteiger partial charge in [0.2, 0.25) is 0 Å². The number of aliphatic hydroxyl groups is 1. The Hall–Kier alpha value is -0.840. The topological polar surface area (TPSA) is 35.5 Å². The van der Waals surface area contributed by atoms with Crippen molar-refractivity contribution in [2.45, 2.75) is 13.0 Å². The average Bonchev–Trinajstić information content (AvgIpc) is 2.20. The lowest BCUT2D eigenvalue weighted by Crippen LogP contribution is -2.36. The minimum Gasteiger partial charge on any atom is -0.392 e. The highest BCUT2D eigenvalue weighted by atomic mass is 35.5. The second-order valence-electron chi connectivity index (χ2n) is 3.64. The zero-order chi connectivity index (χ0) is 12.1. The Morgan fingerprint density at radius 2 is 2.19 bits per heavy atom. The van der Waals surface area contributed by atoms with Crippen molar-refractivity contribution < 1.29 is 5.11 Å². The molecule has 16 heavy (non-hydrogen) atoms. The molecular weight excluding hydrogens is 244 g/mol. The van der Waals surface area contributed by atoms with Crippen LogP contribution in [0.4, 0.5) is 5.69 Å². The molecule has 0 amide bonds. The molecule has 0 aliphatic heterocycles. The van der Waals surface area contributed by atoms with Crippen LogP contribution in [-0.2, 0) is 0 Å². The summed E-state index contributed by atoms with van der Waals surface area (Å²) >= 11 is 11.2. The van der Waals surface area contributed by atoms with Crippen molar-refractivity contribution in [2.24, 2.45) is 0 Å². The molecule has 0 bridgehead atoms. The molecule has 0 aliphatic carbocycles. The number of hydrogen-bond acceptors (Lipinski definition) is 2. The first kappa shape index (κ1) is 13.2. The predicted molar refractivity (Wildman–Crippen MR) is 72.0 cm³/mol. The zero-order valence-electron chi connectivity index (χ0n) is 9.27. The minimum absolute atomic E-state index is 0.420. The smallest absolute Gasteiger partial charge is 0.173 e. The van der Waals surface area contributed by atoms with Gasteiger partial charge in [0.15, 0.2) is 5.11 Å². The van der Waals surface area contributed by atoms with Crippen molar-refractivity contribution in [3.8, 4) is 0 Å². The largest absolute Gasteiger partial charge is 0.392 e. The number of para-hydroxylation sites is 1. The highest BCUT2D eigenvalue weighted by Gasteiger charge is 2.08. The third-order valence-corrected chi connectivity index (χ3v) is 2.74. The summed E-state index contributed by atoms with van der Waals surface area (Å²) < 4.78 is 0. The minimum atomic E-state index is -0.420. The molecule has 0 fully saturated rings. The highest BCUT2D eigenvalue weighted by Crippen LogP contribution is 2.20. The van der Waals surface area contributed by atoms with Crippen LogP contribution in [-0.4, -0.2) is 34.8 Å². The Labute approximate surface area is 106 Å². The highest BCUT2D eigenvalue weighted by molar-refractivity contribution is 7.80. The number of benzene rings is 1. The summed E-state index contributed by atoms with van der Waals surface area (Å²) in [4.78, 5) is 1.77. The van der Waals surface area contributed by atoms with Crippen LogP contribution in [0.3, 0.4) is 0 Å². The van der Waals surface area contributed by atoms with E-state index in [-0.39, 0.29) is 0 Å². The van der Waals surface area contributed by atoms with Crippen molar-refractivity contribution in [1.82, 2.24) is 4.90 Å². The molecule has 1 rings (SSSR count). The first-order valence-corrected chi connectivity index (χ1v) is 5.74. The Bertz CT molecular complexity index is 371. The number of anilines is 1. The maximum absolute atomic E-state index is 9.24. The quantitative estimate of drug-likeness (QED) is 0.816. The Kier molecular flexibility index (Phi) is 4.99. The molecule has 1 atom stereocenters. The van der Waals surface area contributed by atoms with Crippen LogP contribution in [0.25, 0.3) is 0 Å². The predicted octanol–water partition coefficient (Wildman–Crippen LogP) is 2.35. The van der Waals surface area contributed by atoms with E-state index >= 15 is 0 Å². The molecule has 0 heterocycles. The summed E-state index contributed by atoms with van der Waals surface area (Å²) in [7, 11) is 1.82. The van der Waals surface area contributed by atoms with E-state index in [1.54, 1.807) is 17.9 Å². The number of rotatable bonds is 3. The number of aliphatic hydroxyl groups excluding tert-OH is 1. The van der Waals surface area contributed by atoms with Gasteiger partial charge < -0.3 is 15.3 Å². The molecule has 0 spiro atoms. The maximum Gasteiger partial charge on any atom is 0.173 e. The molecule has 0 saturated carbocycles. The molecule has 5 heteroatoms. The SMILES string of the molecule is C[C@H](O)CN(C)C(=S)Nc1ccccc1Cl. The lowest BCUT2D eigenvalue weighted by molar-refractivity contribution is 0.169. The number of likely N-dealkylation sites (N-methyl/N-ethyl adjacent to an activating group) is 1. The number of nitrogens with one attached hydrogen (secondary N) is 1. The van der Waals surface area contributed by atoms with Crippen LogP contribution in [0.15, 0.2) is 24.3 Å². The van der Waals surface area contributed by atoms with Crippen LogP contribution >= 0.6 is 23.8 Å². The van der Waals surface area contributed by atoms with Gasteiger partial charge in [-0.25, -0.2) is 0 Å². The van der Waals surface area contributed by atoms with Crippen LogP contribution < -0.4 is 5.32 Å². The normalized spacial score (nSPS) is 12.0. The first-order valence-electron chi connectivity index (χ1n) is 4.95. The third kappa shape index (κ3) is 3.96. The van der Waals surface area contributed by atoms with E-state index in [2.05, 4.69) is 5.32 Å². The zero-order valence-corrected chi connectivity index (χ0v) is 10.8. The number of thiocarbonyl (C=S) groups is 1. The molecule has 0 aliphatic rings. The molecule has 0 aromatic heterocycles. The Morgan fingerprint density at radius 1 is 1.56 bits per heavy atom. The van der Waals surface area contributed by atoms with Gasteiger partial charge in [0.25, 0.3) is 0 Å². The van der Waals surface area contributed by atoms with Crippen LogP contribution in [0.5, 0.6) is 0 Å². The molecule has 0 unspecified atom stereocenters. The average molecular weight is 259 g/mol. The molecule has 1 aromatic carbocycles. The molecule has 3 nitrogen and oxygen atoms in total. The fourth-order valence-corrected chi connectivity index (χ4v) is 1.62. The van der Waals surface area contributed by atoms with Crippen LogP contribution in [0.1, 0.15) is 6.92 Å². The molecular formula is C11H15ClN2OS. The third-order valence-electron chi connectivity index (χ3n) is 2.00. The van der Waals surface area contributed by atoms with Gasteiger partial charge >= 0.3 is 0 Å². The molecule has 0 radical (unpaired) electrons. The van der Waals surface area contributed by atoms with E-state index in [1.807, 2.05) is 25.2 Å². The van der Waals surface area contributed by atoms with Gasteiger partial charge in [0, 0.05) is 13.6 Å². The van der Waals surface area contributed by atoms with Gasteiger partial charge in [-0.15, -0.1) is 0 Å². The fraction of sp³-hybridized carbons (Fsp3) is 0.364. The molecule has 2 N–H and O–H groups in total. The lowest BCUT2D eigenvalue weighted by Gasteiger charge is -2.22.